The Hall–Kier alpha value is -2.17. The van der Waals surface area contributed by atoms with Crippen molar-refractivity contribution < 1.29 is 9.18 Å². The number of carbonyl (C=O) groups is 1. The molecule has 1 aliphatic carbocycles. The zero-order valence-corrected chi connectivity index (χ0v) is 14.0. The van der Waals surface area contributed by atoms with Gasteiger partial charge >= 0.3 is 0 Å². The number of hydrogen-bond acceptors (Lipinski definition) is 2. The number of hydrogen-bond donors (Lipinski definition) is 1. The lowest BCUT2D eigenvalue weighted by Gasteiger charge is -2.21. The smallest absolute Gasteiger partial charge is 0.222 e. The van der Waals surface area contributed by atoms with Crippen LogP contribution in [0.3, 0.4) is 0 Å². The molecule has 2 atom stereocenters. The van der Waals surface area contributed by atoms with Crippen molar-refractivity contribution in [1.29, 1.82) is 0 Å². The quantitative estimate of drug-likeness (QED) is 0.884. The molecule has 24 heavy (non-hydrogen) atoms. The first-order valence-electron chi connectivity index (χ1n) is 8.64. The second-order valence-electron chi connectivity index (χ2n) is 6.64. The SMILES string of the molecule is Cc1ccnn1CCC(=O)N[C@@H]1CCC[C@@H]1Cc1ccc(F)cc1. The second kappa shape index (κ2) is 7.60. The Labute approximate surface area is 142 Å². The minimum Gasteiger partial charge on any atom is -0.353 e. The molecule has 2 aromatic rings. The third kappa shape index (κ3) is 4.22. The van der Waals surface area contributed by atoms with Crippen molar-refractivity contribution in [3.63, 3.8) is 0 Å². The van der Waals surface area contributed by atoms with Crippen LogP contribution in [0.2, 0.25) is 0 Å². The molecule has 1 amide bonds. The van der Waals surface area contributed by atoms with E-state index in [1.807, 2.05) is 29.8 Å². The highest BCUT2D eigenvalue weighted by molar-refractivity contribution is 5.76. The van der Waals surface area contributed by atoms with E-state index in [0.29, 0.717) is 18.9 Å². The minimum absolute atomic E-state index is 0.0842. The van der Waals surface area contributed by atoms with Gasteiger partial charge in [0.2, 0.25) is 5.91 Å². The first-order chi connectivity index (χ1) is 11.6. The summed E-state index contributed by atoms with van der Waals surface area (Å²) in [5.41, 5.74) is 2.20. The molecule has 1 aromatic heterocycles. The topological polar surface area (TPSA) is 46.9 Å². The summed E-state index contributed by atoms with van der Waals surface area (Å²) in [7, 11) is 0. The molecule has 3 rings (SSSR count). The molecule has 0 aliphatic heterocycles. The molecular formula is C19H24FN3O. The summed E-state index contributed by atoms with van der Waals surface area (Å²) in [5.74, 6) is 0.315. The van der Waals surface area contributed by atoms with Gasteiger partial charge in [0.15, 0.2) is 0 Å². The highest BCUT2D eigenvalue weighted by Crippen LogP contribution is 2.29. The summed E-state index contributed by atoms with van der Waals surface area (Å²) >= 11 is 0. The average molecular weight is 329 g/mol. The first kappa shape index (κ1) is 16.7. The molecule has 1 N–H and O–H groups in total. The Morgan fingerprint density at radius 1 is 1.29 bits per heavy atom. The zero-order valence-electron chi connectivity index (χ0n) is 14.0. The van der Waals surface area contributed by atoms with Crippen LogP contribution in [-0.2, 0) is 17.8 Å². The maximum Gasteiger partial charge on any atom is 0.222 e. The number of benzene rings is 1. The fourth-order valence-corrected chi connectivity index (χ4v) is 3.51. The molecular weight excluding hydrogens is 305 g/mol. The fraction of sp³-hybridized carbons (Fsp3) is 0.474. The largest absolute Gasteiger partial charge is 0.353 e. The molecule has 1 saturated carbocycles. The van der Waals surface area contributed by atoms with Crippen molar-refractivity contribution in [1.82, 2.24) is 15.1 Å². The van der Waals surface area contributed by atoms with Gasteiger partial charge in [0.05, 0.1) is 0 Å². The van der Waals surface area contributed by atoms with E-state index in [1.165, 1.54) is 12.1 Å². The highest BCUT2D eigenvalue weighted by Gasteiger charge is 2.28. The molecule has 0 unspecified atom stereocenters. The Balaban J connectivity index is 1.50. The van der Waals surface area contributed by atoms with Gasteiger partial charge in [-0.2, -0.15) is 5.10 Å². The average Bonchev–Trinajstić information content (AvgIpc) is 3.17. The van der Waals surface area contributed by atoms with E-state index >= 15 is 0 Å². The molecule has 0 bridgehead atoms. The van der Waals surface area contributed by atoms with Crippen LogP contribution >= 0.6 is 0 Å². The summed E-state index contributed by atoms with van der Waals surface area (Å²) in [6.07, 6.45) is 6.36. The van der Waals surface area contributed by atoms with Gasteiger partial charge in [-0.3, -0.25) is 9.48 Å². The van der Waals surface area contributed by atoms with Crippen LogP contribution in [0.4, 0.5) is 4.39 Å². The number of aromatic nitrogens is 2. The predicted octanol–water partition coefficient (Wildman–Crippen LogP) is 3.25. The second-order valence-corrected chi connectivity index (χ2v) is 6.64. The van der Waals surface area contributed by atoms with E-state index in [4.69, 9.17) is 0 Å². The van der Waals surface area contributed by atoms with Crippen molar-refractivity contribution in [2.24, 2.45) is 5.92 Å². The van der Waals surface area contributed by atoms with Crippen LogP contribution < -0.4 is 5.32 Å². The van der Waals surface area contributed by atoms with Crippen LogP contribution in [0.15, 0.2) is 36.5 Å². The van der Waals surface area contributed by atoms with Crippen LogP contribution in [-0.4, -0.2) is 21.7 Å². The van der Waals surface area contributed by atoms with Crippen LogP contribution in [0.5, 0.6) is 0 Å². The fourth-order valence-electron chi connectivity index (χ4n) is 3.51. The normalized spacial score (nSPS) is 20.2. The monoisotopic (exact) mass is 329 g/mol. The molecule has 128 valence electrons. The van der Waals surface area contributed by atoms with Gasteiger partial charge in [0.1, 0.15) is 5.82 Å². The van der Waals surface area contributed by atoms with Crippen LogP contribution in [0, 0.1) is 18.7 Å². The van der Waals surface area contributed by atoms with Gasteiger partial charge in [-0.25, -0.2) is 4.39 Å². The third-order valence-corrected chi connectivity index (χ3v) is 4.90. The third-order valence-electron chi connectivity index (χ3n) is 4.90. The molecule has 0 radical (unpaired) electrons. The first-order valence-corrected chi connectivity index (χ1v) is 8.64. The van der Waals surface area contributed by atoms with Gasteiger partial charge in [-0.1, -0.05) is 18.6 Å². The van der Waals surface area contributed by atoms with Gasteiger partial charge < -0.3 is 5.32 Å². The standard InChI is InChI=1S/C19H24FN3O/c1-14-9-11-21-23(14)12-10-19(24)22-18-4-2-3-16(18)13-15-5-7-17(20)8-6-15/h5-9,11,16,18H,2-4,10,12-13H2,1H3,(H,22,24)/t16-,18-/m1/s1. The molecule has 0 spiro atoms. The number of aryl methyl sites for hydroxylation is 2. The summed E-state index contributed by atoms with van der Waals surface area (Å²) in [6.45, 7) is 2.60. The molecule has 4 nitrogen and oxygen atoms in total. The van der Waals surface area contributed by atoms with E-state index in [9.17, 15) is 9.18 Å². The summed E-state index contributed by atoms with van der Waals surface area (Å²) in [6, 6.07) is 8.85. The van der Waals surface area contributed by atoms with Crippen molar-refractivity contribution >= 4 is 5.91 Å². The number of rotatable bonds is 6. The van der Waals surface area contributed by atoms with Gasteiger partial charge in [0.25, 0.3) is 0 Å². The summed E-state index contributed by atoms with van der Waals surface area (Å²) in [5, 5.41) is 7.39. The van der Waals surface area contributed by atoms with Crippen molar-refractivity contribution in [3.8, 4) is 0 Å². The highest BCUT2D eigenvalue weighted by atomic mass is 19.1. The van der Waals surface area contributed by atoms with Crippen molar-refractivity contribution in [2.45, 2.75) is 51.6 Å². The maximum absolute atomic E-state index is 13.0. The van der Waals surface area contributed by atoms with E-state index < -0.39 is 0 Å². The number of halogens is 1. The van der Waals surface area contributed by atoms with Crippen LogP contribution in [0.25, 0.3) is 0 Å². The van der Waals surface area contributed by atoms with Gasteiger partial charge in [-0.05, 0) is 55.9 Å². The van der Waals surface area contributed by atoms with Gasteiger partial charge in [0, 0.05) is 30.9 Å². The van der Waals surface area contributed by atoms with E-state index in [2.05, 4.69) is 10.4 Å². The predicted molar refractivity (Wildman–Crippen MR) is 91.0 cm³/mol. The molecule has 1 fully saturated rings. The lowest BCUT2D eigenvalue weighted by atomic mass is 9.94. The Kier molecular flexibility index (Phi) is 5.28. The summed E-state index contributed by atoms with van der Waals surface area (Å²) < 4.78 is 14.9. The lowest BCUT2D eigenvalue weighted by Crippen LogP contribution is -2.38. The Bertz CT molecular complexity index is 680. The molecule has 1 aliphatic rings. The van der Waals surface area contributed by atoms with Crippen molar-refractivity contribution in [2.75, 3.05) is 0 Å². The Morgan fingerprint density at radius 2 is 2.08 bits per heavy atom. The number of amides is 1. The number of nitrogens with one attached hydrogen (secondary N) is 1. The van der Waals surface area contributed by atoms with Crippen LogP contribution in [0.1, 0.15) is 36.9 Å². The van der Waals surface area contributed by atoms with E-state index in [1.54, 1.807) is 6.20 Å². The maximum atomic E-state index is 13.0. The minimum atomic E-state index is -0.205. The van der Waals surface area contributed by atoms with E-state index in [-0.39, 0.29) is 17.8 Å². The lowest BCUT2D eigenvalue weighted by molar-refractivity contribution is -0.122. The Morgan fingerprint density at radius 3 is 2.79 bits per heavy atom. The zero-order chi connectivity index (χ0) is 16.9. The molecule has 1 heterocycles. The molecule has 5 heteroatoms. The summed E-state index contributed by atoms with van der Waals surface area (Å²) in [4.78, 5) is 12.2. The number of carbonyl (C=O) groups excluding carboxylic acids is 1. The molecule has 1 aromatic carbocycles. The molecule has 0 saturated heterocycles. The van der Waals surface area contributed by atoms with Crippen molar-refractivity contribution in [3.05, 3.63) is 53.6 Å². The number of nitrogens with zero attached hydrogens (tertiary/aromatic N) is 2. The van der Waals surface area contributed by atoms with E-state index in [0.717, 1.165) is 36.9 Å². The van der Waals surface area contributed by atoms with Gasteiger partial charge in [-0.15, -0.1) is 0 Å².